The zero-order chi connectivity index (χ0) is 11.6. The highest BCUT2D eigenvalue weighted by molar-refractivity contribution is 7.47. The third kappa shape index (κ3) is 2.64. The molecule has 0 radical (unpaired) electrons. The van der Waals surface area contributed by atoms with Crippen LogP contribution in [0.25, 0.3) is 0 Å². The van der Waals surface area contributed by atoms with E-state index in [0.29, 0.717) is 11.2 Å². The van der Waals surface area contributed by atoms with Crippen molar-refractivity contribution in [2.45, 2.75) is 39.5 Å². The van der Waals surface area contributed by atoms with Gasteiger partial charge in [0.15, 0.2) is 0 Å². The molecule has 0 aliphatic rings. The molecular formula is C12H18O2P+. The minimum atomic E-state index is -2.24. The van der Waals surface area contributed by atoms with E-state index in [1.54, 1.807) is 6.07 Å². The molecule has 0 aliphatic carbocycles. The van der Waals surface area contributed by atoms with Gasteiger partial charge in [0.05, 0.1) is 0 Å². The summed E-state index contributed by atoms with van der Waals surface area (Å²) in [4.78, 5) is 9.27. The molecule has 0 aromatic heterocycles. The molecule has 0 heterocycles. The Hall–Kier alpha value is -0.720. The van der Waals surface area contributed by atoms with Gasteiger partial charge in [0.2, 0.25) is 5.30 Å². The van der Waals surface area contributed by atoms with E-state index in [1.165, 1.54) is 5.56 Å². The topological polar surface area (TPSA) is 37.3 Å². The van der Waals surface area contributed by atoms with Crippen molar-refractivity contribution in [1.29, 1.82) is 0 Å². The van der Waals surface area contributed by atoms with Gasteiger partial charge >= 0.3 is 8.03 Å². The van der Waals surface area contributed by atoms with Crippen LogP contribution in [0.15, 0.2) is 18.2 Å². The average Bonchev–Trinajstić information content (AvgIpc) is 2.16. The first kappa shape index (κ1) is 12.4. The van der Waals surface area contributed by atoms with Gasteiger partial charge in [-0.3, -0.25) is 0 Å². The molecular weight excluding hydrogens is 207 g/mol. The average molecular weight is 225 g/mol. The maximum Gasteiger partial charge on any atom is 0.546 e. The fraction of sp³-hybridized carbons (Fsp3) is 0.500. The molecule has 2 nitrogen and oxygen atoms in total. The molecule has 0 aliphatic heterocycles. The lowest BCUT2D eigenvalue weighted by Crippen LogP contribution is -2.12. The highest BCUT2D eigenvalue weighted by atomic mass is 31.1. The van der Waals surface area contributed by atoms with Crippen LogP contribution in [0.2, 0.25) is 0 Å². The summed E-state index contributed by atoms with van der Waals surface area (Å²) in [7, 11) is -2.24. The van der Waals surface area contributed by atoms with E-state index in [1.807, 2.05) is 12.1 Å². The normalized spacial score (nSPS) is 12.3. The second-order valence-corrected chi connectivity index (χ2v) is 5.39. The fourth-order valence-electron chi connectivity index (χ4n) is 1.87. The Balaban J connectivity index is 3.42. The third-order valence-electron chi connectivity index (χ3n) is 2.52. The largest absolute Gasteiger partial charge is 0.546 e. The van der Waals surface area contributed by atoms with Crippen molar-refractivity contribution in [1.82, 2.24) is 0 Å². The third-order valence-corrected chi connectivity index (χ3v) is 3.32. The Bertz CT molecular complexity index is 370. The quantitative estimate of drug-likeness (QED) is 0.801. The Labute approximate surface area is 92.2 Å². The summed E-state index contributed by atoms with van der Waals surface area (Å²) in [5, 5.41) is 0.589. The Morgan fingerprint density at radius 2 is 1.73 bits per heavy atom. The predicted octanol–water partition coefficient (Wildman–Crippen LogP) is 3.29. The van der Waals surface area contributed by atoms with E-state index < -0.39 is 8.03 Å². The second-order valence-electron chi connectivity index (χ2n) is 4.36. The summed E-state index contributed by atoms with van der Waals surface area (Å²) in [5.41, 5.74) is 2.22. The van der Waals surface area contributed by atoms with Gasteiger partial charge in [-0.05, 0) is 28.0 Å². The Morgan fingerprint density at radius 3 is 2.13 bits per heavy atom. The van der Waals surface area contributed by atoms with Crippen LogP contribution in [0, 0.1) is 0 Å². The van der Waals surface area contributed by atoms with Crippen molar-refractivity contribution < 1.29 is 9.46 Å². The van der Waals surface area contributed by atoms with Crippen molar-refractivity contribution in [2.75, 3.05) is 0 Å². The van der Waals surface area contributed by atoms with Gasteiger partial charge < -0.3 is 0 Å². The highest BCUT2D eigenvalue weighted by Gasteiger charge is 2.26. The summed E-state index contributed by atoms with van der Waals surface area (Å²) in [5.74, 6) is 0.669. The predicted molar refractivity (Wildman–Crippen MR) is 64.1 cm³/mol. The highest BCUT2D eigenvalue weighted by Crippen LogP contribution is 2.29. The fourth-order valence-corrected chi connectivity index (χ4v) is 2.68. The minimum Gasteiger partial charge on any atom is -0.156 e. The molecule has 3 heteroatoms. The van der Waals surface area contributed by atoms with Gasteiger partial charge in [-0.25, -0.2) is 0 Å². The maximum atomic E-state index is 11.2. The van der Waals surface area contributed by atoms with Crippen molar-refractivity contribution in [3.05, 3.63) is 29.3 Å². The molecule has 82 valence electrons. The summed E-state index contributed by atoms with van der Waals surface area (Å²) in [6.45, 7) is 8.33. The maximum absolute atomic E-state index is 11.2. The van der Waals surface area contributed by atoms with Crippen molar-refractivity contribution in [3.8, 4) is 0 Å². The van der Waals surface area contributed by atoms with Crippen LogP contribution in [0.1, 0.15) is 50.7 Å². The second kappa shape index (κ2) is 4.87. The molecule has 1 N–H and O–H groups in total. The Morgan fingerprint density at radius 1 is 1.13 bits per heavy atom. The van der Waals surface area contributed by atoms with E-state index >= 15 is 0 Å². The molecule has 1 rings (SSSR count). The van der Waals surface area contributed by atoms with Gasteiger partial charge in [0.1, 0.15) is 0 Å². The first-order valence-corrected chi connectivity index (χ1v) is 6.45. The van der Waals surface area contributed by atoms with Gasteiger partial charge in [0, 0.05) is 5.56 Å². The summed E-state index contributed by atoms with van der Waals surface area (Å²) >= 11 is 0. The van der Waals surface area contributed by atoms with Crippen molar-refractivity contribution in [3.63, 3.8) is 0 Å². The van der Waals surface area contributed by atoms with Crippen molar-refractivity contribution >= 4 is 13.3 Å². The molecule has 1 unspecified atom stereocenters. The van der Waals surface area contributed by atoms with Crippen LogP contribution < -0.4 is 5.30 Å². The number of benzene rings is 1. The molecule has 1 aromatic carbocycles. The molecule has 0 spiro atoms. The van der Waals surface area contributed by atoms with Crippen LogP contribution >= 0.6 is 8.03 Å². The molecule has 1 atom stereocenters. The molecule has 0 amide bonds. The zero-order valence-electron chi connectivity index (χ0n) is 9.69. The Kier molecular flexibility index (Phi) is 4.01. The van der Waals surface area contributed by atoms with Gasteiger partial charge in [0.25, 0.3) is 0 Å². The zero-order valence-corrected chi connectivity index (χ0v) is 10.6. The molecule has 0 bridgehead atoms. The van der Waals surface area contributed by atoms with E-state index in [-0.39, 0.29) is 5.92 Å². The monoisotopic (exact) mass is 225 g/mol. The number of hydrogen-bond acceptors (Lipinski definition) is 1. The van der Waals surface area contributed by atoms with Crippen LogP contribution in [0.4, 0.5) is 0 Å². The van der Waals surface area contributed by atoms with E-state index in [0.717, 1.165) is 5.56 Å². The van der Waals surface area contributed by atoms with Gasteiger partial charge in [-0.2, -0.15) is 4.89 Å². The molecule has 1 aromatic rings. The van der Waals surface area contributed by atoms with Crippen molar-refractivity contribution in [2.24, 2.45) is 0 Å². The molecule has 15 heavy (non-hydrogen) atoms. The van der Waals surface area contributed by atoms with Crippen LogP contribution in [0.5, 0.6) is 0 Å². The SMILES string of the molecule is CC(C)c1cccc([P+](=O)O)c1C(C)C. The minimum absolute atomic E-state index is 0.282. The molecule has 0 saturated heterocycles. The lowest BCUT2D eigenvalue weighted by molar-refractivity contribution is 0.513. The summed E-state index contributed by atoms with van der Waals surface area (Å²) in [6, 6.07) is 5.66. The van der Waals surface area contributed by atoms with Crippen LogP contribution in [0.3, 0.4) is 0 Å². The molecule has 0 fully saturated rings. The lowest BCUT2D eigenvalue weighted by atomic mass is 9.91. The summed E-state index contributed by atoms with van der Waals surface area (Å²) in [6.07, 6.45) is 0. The van der Waals surface area contributed by atoms with Crippen LogP contribution in [-0.2, 0) is 4.57 Å². The first-order valence-electron chi connectivity index (χ1n) is 5.24. The number of hydrogen-bond donors (Lipinski definition) is 1. The molecule has 0 saturated carbocycles. The van der Waals surface area contributed by atoms with E-state index in [9.17, 15) is 9.46 Å². The smallest absolute Gasteiger partial charge is 0.156 e. The van der Waals surface area contributed by atoms with E-state index in [2.05, 4.69) is 27.7 Å². The lowest BCUT2D eigenvalue weighted by Gasteiger charge is -2.14. The van der Waals surface area contributed by atoms with Gasteiger partial charge in [-0.15, -0.1) is 0 Å². The van der Waals surface area contributed by atoms with Crippen LogP contribution in [-0.4, -0.2) is 4.89 Å². The summed E-state index contributed by atoms with van der Waals surface area (Å²) < 4.78 is 11.2. The number of rotatable bonds is 3. The van der Waals surface area contributed by atoms with Gasteiger partial charge in [-0.1, -0.05) is 39.8 Å². The standard InChI is InChI=1S/C12H17O2P/c1-8(2)10-6-5-7-11(15(13)14)12(10)9(3)4/h5-9H,1-4H3/p+1. The first-order chi connectivity index (χ1) is 6.95. The van der Waals surface area contributed by atoms with E-state index in [4.69, 9.17) is 0 Å².